The van der Waals surface area contributed by atoms with Gasteiger partial charge in [0.05, 0.1) is 12.9 Å². The molecule has 0 heterocycles. The van der Waals surface area contributed by atoms with Crippen LogP contribution in [-0.2, 0) is 9.84 Å². The molecule has 18 heavy (non-hydrogen) atoms. The Balaban J connectivity index is 3.48. The minimum absolute atomic E-state index is 0.0445. The predicted octanol–water partition coefficient (Wildman–Crippen LogP) is 3.92. The summed E-state index contributed by atoms with van der Waals surface area (Å²) in [5, 5.41) is -1.69. The van der Waals surface area contributed by atoms with Crippen LogP contribution in [0.25, 0.3) is 0 Å². The molecule has 0 N–H and O–H groups in total. The molecule has 0 aliphatic rings. The summed E-state index contributed by atoms with van der Waals surface area (Å²) in [6, 6.07) is 3.80. The molecule has 0 saturated carbocycles. The van der Waals surface area contributed by atoms with Gasteiger partial charge in [0, 0.05) is 1.37 Å². The molecule has 1 aromatic carbocycles. The molecule has 3 heteroatoms. The van der Waals surface area contributed by atoms with E-state index in [2.05, 4.69) is 0 Å². The topological polar surface area (TPSA) is 34.1 Å². The van der Waals surface area contributed by atoms with Crippen molar-refractivity contribution in [1.29, 1.82) is 0 Å². The van der Waals surface area contributed by atoms with Crippen LogP contribution in [0.3, 0.4) is 0 Å². The summed E-state index contributed by atoms with van der Waals surface area (Å²) in [5.74, 6) is 0.0891. The van der Waals surface area contributed by atoms with Gasteiger partial charge >= 0.3 is 0 Å². The molecule has 0 unspecified atom stereocenters. The number of sulfone groups is 1. The third kappa shape index (κ3) is 4.13. The zero-order valence-electron chi connectivity index (χ0n) is 14.5. The van der Waals surface area contributed by atoms with Gasteiger partial charge in [-0.1, -0.05) is 45.9 Å². The monoisotopic (exact) mass is 271 g/mol. The molecule has 1 rings (SSSR count). The Morgan fingerprint density at radius 1 is 1.06 bits per heavy atom. The number of hydrogen-bond donors (Lipinski definition) is 0. The van der Waals surface area contributed by atoms with Crippen molar-refractivity contribution in [1.82, 2.24) is 0 Å². The first-order valence-corrected chi connectivity index (χ1v) is 7.80. The second kappa shape index (κ2) is 6.37. The van der Waals surface area contributed by atoms with Gasteiger partial charge in [-0.05, 0) is 36.8 Å². The van der Waals surface area contributed by atoms with Crippen molar-refractivity contribution in [2.75, 3.05) is 0 Å². The summed E-state index contributed by atoms with van der Waals surface area (Å²) in [6.07, 6.45) is 0.391. The molecule has 0 radical (unpaired) electrons. The van der Waals surface area contributed by atoms with Crippen molar-refractivity contribution < 1.29 is 12.5 Å². The van der Waals surface area contributed by atoms with E-state index in [4.69, 9.17) is 4.11 Å². The maximum Gasteiger partial charge on any atom is 0.181 e. The van der Waals surface area contributed by atoms with Crippen LogP contribution in [0.15, 0.2) is 35.2 Å². The van der Waals surface area contributed by atoms with E-state index in [1.54, 1.807) is 0 Å². The van der Waals surface area contributed by atoms with Crippen molar-refractivity contribution in [2.24, 2.45) is 11.8 Å². The lowest BCUT2D eigenvalue weighted by atomic mass is 10.0. The van der Waals surface area contributed by atoms with E-state index >= 15 is 0 Å². The van der Waals surface area contributed by atoms with Crippen LogP contribution >= 0.6 is 0 Å². The highest BCUT2D eigenvalue weighted by atomic mass is 32.2. The van der Waals surface area contributed by atoms with Crippen LogP contribution in [0.1, 0.15) is 44.6 Å². The fraction of sp³-hybridized carbons (Fsp3) is 0.600. The molecule has 0 bridgehead atoms. The summed E-state index contributed by atoms with van der Waals surface area (Å²) in [6.45, 7) is 7.53. The molecular weight excluding hydrogens is 244 g/mol. The van der Waals surface area contributed by atoms with Crippen LogP contribution in [0.4, 0.5) is 0 Å². The highest BCUT2D eigenvalue weighted by Crippen LogP contribution is 2.26. The lowest BCUT2D eigenvalue weighted by Gasteiger charge is -2.21. The molecule has 2 nitrogen and oxygen atoms in total. The van der Waals surface area contributed by atoms with Crippen molar-refractivity contribution in [3.63, 3.8) is 0 Å². The summed E-state index contributed by atoms with van der Waals surface area (Å²) in [4.78, 5) is -0.318. The molecule has 0 atom stereocenters. The Hall–Kier alpha value is -0.830. The highest BCUT2D eigenvalue weighted by Gasteiger charge is 2.28. The maximum atomic E-state index is 12.9. The van der Waals surface area contributed by atoms with E-state index < -0.39 is 15.1 Å². The molecule has 0 aliphatic heterocycles. The zero-order valence-corrected chi connectivity index (χ0v) is 12.3. The van der Waals surface area contributed by atoms with Gasteiger partial charge in [0.25, 0.3) is 0 Å². The van der Waals surface area contributed by atoms with Gasteiger partial charge in [0.15, 0.2) is 9.84 Å². The largest absolute Gasteiger partial charge is 0.223 e. The summed E-state index contributed by atoms with van der Waals surface area (Å²) in [7, 11) is -4.06. The maximum absolute atomic E-state index is 12.9. The van der Waals surface area contributed by atoms with E-state index in [1.165, 1.54) is 18.2 Å². The van der Waals surface area contributed by atoms with Gasteiger partial charge in [-0.15, -0.1) is 0 Å². The summed E-state index contributed by atoms with van der Waals surface area (Å²) in [5.41, 5.74) is 0. The number of hydrogen-bond acceptors (Lipinski definition) is 2. The molecule has 0 spiro atoms. The molecule has 1 aromatic rings. The lowest BCUT2D eigenvalue weighted by molar-refractivity contribution is 0.465. The van der Waals surface area contributed by atoms with Crippen molar-refractivity contribution in [3.05, 3.63) is 30.3 Å². The second-order valence-corrected chi connectivity index (χ2v) is 7.37. The second-order valence-electron chi connectivity index (χ2n) is 5.38. The van der Waals surface area contributed by atoms with Gasteiger partial charge in [0.1, 0.15) is 0 Å². The third-order valence-corrected chi connectivity index (χ3v) is 4.41. The van der Waals surface area contributed by atoms with Gasteiger partial charge in [-0.2, -0.15) is 0 Å². The molecule has 0 saturated heterocycles. The molecule has 0 aliphatic carbocycles. The zero-order chi connectivity index (χ0) is 16.4. The number of benzene rings is 1. The Morgan fingerprint density at radius 2 is 1.50 bits per heavy atom. The Bertz CT molecular complexity index is 565. The Labute approximate surface area is 116 Å². The normalized spacial score (nSPS) is 15.6. The van der Waals surface area contributed by atoms with Crippen LogP contribution in [0.5, 0.6) is 0 Å². The van der Waals surface area contributed by atoms with Crippen molar-refractivity contribution >= 4 is 9.84 Å². The first kappa shape index (κ1) is 11.0. The van der Waals surface area contributed by atoms with Gasteiger partial charge < -0.3 is 0 Å². The molecule has 102 valence electrons. The van der Waals surface area contributed by atoms with Gasteiger partial charge in [-0.3, -0.25) is 0 Å². The van der Waals surface area contributed by atoms with Crippen LogP contribution < -0.4 is 0 Å². The molecular formula is C15H24O2S. The average molecular weight is 271 g/mol. The van der Waals surface area contributed by atoms with E-state index in [9.17, 15) is 8.42 Å². The molecule has 0 amide bonds. The van der Waals surface area contributed by atoms with Crippen LogP contribution in [0.2, 0.25) is 0 Å². The third-order valence-electron chi connectivity index (χ3n) is 2.54. The number of rotatable bonds is 6. The summed E-state index contributed by atoms with van der Waals surface area (Å²) >= 11 is 0. The quantitative estimate of drug-likeness (QED) is 0.786. The van der Waals surface area contributed by atoms with Gasteiger partial charge in [-0.25, -0.2) is 8.42 Å². The minimum Gasteiger partial charge on any atom is -0.223 e. The van der Waals surface area contributed by atoms with Crippen molar-refractivity contribution in [2.45, 2.75) is 50.7 Å². The smallest absolute Gasteiger partial charge is 0.181 e. The summed E-state index contributed by atoms with van der Waals surface area (Å²) < 4.78 is 50.1. The standard InChI is InChI=1S/C15H24O2S/c1-12(2)10-15(11-13(3)4)18(16,17)14-8-6-5-7-9-14/h5-9,12-13,15H,10-11H2,1-4H3/i8D,9D,15D. The van der Waals surface area contributed by atoms with Crippen LogP contribution in [-0.4, -0.2) is 13.6 Å². The fourth-order valence-electron chi connectivity index (χ4n) is 1.85. The SMILES string of the molecule is [2H]c1cccc([2H])c1S(=O)(=O)C([2H])(CC(C)C)CC(C)C. The van der Waals surface area contributed by atoms with E-state index in [1.807, 2.05) is 27.7 Å². The Kier molecular flexibility index (Phi) is 3.91. The fourth-order valence-corrected chi connectivity index (χ4v) is 3.69. The van der Waals surface area contributed by atoms with Gasteiger partial charge in [0.2, 0.25) is 0 Å². The average Bonchev–Trinajstić information content (AvgIpc) is 2.25. The van der Waals surface area contributed by atoms with Crippen molar-refractivity contribution in [3.8, 4) is 0 Å². The van der Waals surface area contributed by atoms with Crippen LogP contribution in [0, 0.1) is 11.8 Å². The van der Waals surface area contributed by atoms with E-state index in [0.717, 1.165) is 0 Å². The first-order chi connectivity index (χ1) is 9.51. The predicted molar refractivity (Wildman–Crippen MR) is 76.3 cm³/mol. The lowest BCUT2D eigenvalue weighted by Crippen LogP contribution is -2.25. The molecule has 0 fully saturated rings. The van der Waals surface area contributed by atoms with E-state index in [-0.39, 0.29) is 41.7 Å². The first-order valence-electron chi connectivity index (χ1n) is 7.82. The minimum atomic E-state index is -4.06. The highest BCUT2D eigenvalue weighted by molar-refractivity contribution is 7.92. The van der Waals surface area contributed by atoms with E-state index in [0.29, 0.717) is 0 Å². The molecule has 0 aromatic heterocycles. The Morgan fingerprint density at radius 3 is 1.89 bits per heavy atom.